The highest BCUT2D eigenvalue weighted by Crippen LogP contribution is 2.32. The van der Waals surface area contributed by atoms with E-state index in [-0.39, 0.29) is 5.91 Å². The first-order valence-corrected chi connectivity index (χ1v) is 9.95. The van der Waals surface area contributed by atoms with Gasteiger partial charge < -0.3 is 14.5 Å². The number of amides is 1. The fourth-order valence-corrected chi connectivity index (χ4v) is 4.72. The summed E-state index contributed by atoms with van der Waals surface area (Å²) in [6.07, 6.45) is 5.93. The van der Waals surface area contributed by atoms with Gasteiger partial charge in [0.1, 0.15) is 0 Å². The van der Waals surface area contributed by atoms with E-state index in [0.717, 1.165) is 75.3 Å². The molecule has 25 heavy (non-hydrogen) atoms. The number of nitrogens with zero attached hydrogens (tertiary/aromatic N) is 2. The van der Waals surface area contributed by atoms with Crippen molar-refractivity contribution in [2.45, 2.75) is 39.0 Å². The first kappa shape index (κ1) is 16.9. The van der Waals surface area contributed by atoms with Crippen LogP contribution in [0.4, 0.5) is 5.69 Å². The maximum Gasteiger partial charge on any atom is 0.255 e. The number of likely N-dealkylation sites (tertiary alicyclic amines) is 1. The van der Waals surface area contributed by atoms with Gasteiger partial charge in [0.15, 0.2) is 0 Å². The molecule has 4 nitrogen and oxygen atoms in total. The predicted molar refractivity (Wildman–Crippen MR) is 100 cm³/mol. The lowest BCUT2D eigenvalue weighted by Crippen LogP contribution is -2.40. The number of anilines is 1. The van der Waals surface area contributed by atoms with Crippen molar-refractivity contribution in [1.29, 1.82) is 0 Å². The van der Waals surface area contributed by atoms with E-state index in [0.29, 0.717) is 0 Å². The topological polar surface area (TPSA) is 32.8 Å². The number of piperidine rings is 1. The third-order valence-corrected chi connectivity index (χ3v) is 6.29. The molecule has 3 aliphatic rings. The van der Waals surface area contributed by atoms with Crippen molar-refractivity contribution < 1.29 is 9.53 Å². The van der Waals surface area contributed by atoms with E-state index in [1.165, 1.54) is 24.8 Å². The molecule has 1 aromatic carbocycles. The molecule has 3 fully saturated rings. The van der Waals surface area contributed by atoms with Gasteiger partial charge in [0, 0.05) is 45.1 Å². The van der Waals surface area contributed by atoms with Gasteiger partial charge in [-0.25, -0.2) is 0 Å². The number of benzene rings is 1. The van der Waals surface area contributed by atoms with Crippen molar-refractivity contribution in [2.24, 2.45) is 11.8 Å². The van der Waals surface area contributed by atoms with Crippen LogP contribution in [0, 0.1) is 18.8 Å². The minimum Gasteiger partial charge on any atom is -0.381 e. The van der Waals surface area contributed by atoms with Crippen LogP contribution < -0.4 is 4.90 Å². The van der Waals surface area contributed by atoms with Gasteiger partial charge in [-0.1, -0.05) is 11.6 Å². The van der Waals surface area contributed by atoms with Gasteiger partial charge in [-0.15, -0.1) is 0 Å². The van der Waals surface area contributed by atoms with Crippen LogP contribution in [0.1, 0.15) is 48.0 Å². The monoisotopic (exact) mass is 342 g/mol. The van der Waals surface area contributed by atoms with Gasteiger partial charge in [0.05, 0.1) is 5.56 Å². The fourth-order valence-electron chi connectivity index (χ4n) is 4.72. The van der Waals surface area contributed by atoms with Gasteiger partial charge in [0.2, 0.25) is 0 Å². The summed E-state index contributed by atoms with van der Waals surface area (Å²) in [7, 11) is 0. The normalized spacial score (nSPS) is 24.9. The molecule has 1 aromatic rings. The molecule has 1 atom stereocenters. The summed E-state index contributed by atoms with van der Waals surface area (Å²) in [4.78, 5) is 17.7. The van der Waals surface area contributed by atoms with Crippen LogP contribution in [-0.4, -0.2) is 50.2 Å². The molecule has 1 amide bonds. The first-order valence-electron chi connectivity index (χ1n) is 9.95. The van der Waals surface area contributed by atoms with E-state index in [4.69, 9.17) is 4.74 Å². The molecule has 0 aliphatic carbocycles. The summed E-state index contributed by atoms with van der Waals surface area (Å²) in [5.41, 5.74) is 3.22. The van der Waals surface area contributed by atoms with Crippen LogP contribution in [0.25, 0.3) is 0 Å². The summed E-state index contributed by atoms with van der Waals surface area (Å²) >= 11 is 0. The van der Waals surface area contributed by atoms with Gasteiger partial charge in [0.25, 0.3) is 5.91 Å². The van der Waals surface area contributed by atoms with E-state index in [1.54, 1.807) is 0 Å². The van der Waals surface area contributed by atoms with Crippen molar-refractivity contribution in [3.63, 3.8) is 0 Å². The standard InChI is InChI=1S/C21H30N2O2/c1-16-4-5-20(22-9-2-3-10-22)19(14-16)21(24)23-11-6-17(7-12-23)18-8-13-25-15-18/h4-5,14,17-18H,2-3,6-13,15H2,1H3. The molecule has 0 bridgehead atoms. The Balaban J connectivity index is 1.46. The van der Waals surface area contributed by atoms with E-state index in [9.17, 15) is 4.79 Å². The molecule has 136 valence electrons. The molecule has 3 aliphatic heterocycles. The van der Waals surface area contributed by atoms with Crippen molar-refractivity contribution in [1.82, 2.24) is 4.90 Å². The largest absolute Gasteiger partial charge is 0.381 e. The van der Waals surface area contributed by atoms with Crippen LogP contribution in [0.2, 0.25) is 0 Å². The van der Waals surface area contributed by atoms with Gasteiger partial charge in [-0.2, -0.15) is 0 Å². The lowest BCUT2D eigenvalue weighted by Gasteiger charge is -2.35. The number of ether oxygens (including phenoxy) is 1. The SMILES string of the molecule is Cc1ccc(N2CCCC2)c(C(=O)N2CCC(C3CCOC3)CC2)c1. The molecule has 4 heteroatoms. The van der Waals surface area contributed by atoms with Crippen molar-refractivity contribution in [3.8, 4) is 0 Å². The van der Waals surface area contributed by atoms with Gasteiger partial charge in [-0.05, 0) is 63.0 Å². The minimum atomic E-state index is 0.228. The summed E-state index contributed by atoms with van der Waals surface area (Å²) in [5.74, 6) is 1.69. The van der Waals surface area contributed by atoms with Gasteiger partial charge in [-0.3, -0.25) is 4.79 Å². The van der Waals surface area contributed by atoms with E-state index in [1.807, 2.05) is 0 Å². The van der Waals surface area contributed by atoms with E-state index < -0.39 is 0 Å². The Morgan fingerprint density at radius 3 is 2.48 bits per heavy atom. The van der Waals surface area contributed by atoms with Crippen LogP contribution in [0.3, 0.4) is 0 Å². The predicted octanol–water partition coefficient (Wildman–Crippen LogP) is 3.48. The number of hydrogen-bond acceptors (Lipinski definition) is 3. The number of rotatable bonds is 3. The Labute approximate surface area is 151 Å². The Bertz CT molecular complexity index is 610. The molecule has 3 saturated heterocycles. The fraction of sp³-hybridized carbons (Fsp3) is 0.667. The third-order valence-electron chi connectivity index (χ3n) is 6.29. The minimum absolute atomic E-state index is 0.228. The third kappa shape index (κ3) is 3.55. The first-order chi connectivity index (χ1) is 12.2. The zero-order chi connectivity index (χ0) is 17.2. The molecule has 0 radical (unpaired) electrons. The Morgan fingerprint density at radius 1 is 1.04 bits per heavy atom. The summed E-state index contributed by atoms with van der Waals surface area (Å²) < 4.78 is 5.55. The molecule has 0 N–H and O–H groups in total. The lowest BCUT2D eigenvalue weighted by atomic mass is 9.84. The molecule has 0 saturated carbocycles. The van der Waals surface area contributed by atoms with Crippen LogP contribution in [0.5, 0.6) is 0 Å². The Hall–Kier alpha value is -1.55. The van der Waals surface area contributed by atoms with Crippen molar-refractivity contribution in [2.75, 3.05) is 44.3 Å². The van der Waals surface area contributed by atoms with E-state index >= 15 is 0 Å². The number of carbonyl (C=O) groups is 1. The number of hydrogen-bond donors (Lipinski definition) is 0. The smallest absolute Gasteiger partial charge is 0.255 e. The average molecular weight is 342 g/mol. The zero-order valence-corrected chi connectivity index (χ0v) is 15.4. The summed E-state index contributed by atoms with van der Waals surface area (Å²) in [6, 6.07) is 6.38. The average Bonchev–Trinajstić information content (AvgIpc) is 3.35. The Morgan fingerprint density at radius 2 is 1.80 bits per heavy atom. The number of aryl methyl sites for hydroxylation is 1. The number of carbonyl (C=O) groups excluding carboxylic acids is 1. The van der Waals surface area contributed by atoms with Crippen LogP contribution >= 0.6 is 0 Å². The second-order valence-electron chi connectivity index (χ2n) is 7.97. The molecule has 1 unspecified atom stereocenters. The molecule has 0 spiro atoms. The summed E-state index contributed by atoms with van der Waals surface area (Å²) in [5, 5.41) is 0. The molecule has 3 heterocycles. The lowest BCUT2D eigenvalue weighted by molar-refractivity contribution is 0.0649. The maximum atomic E-state index is 13.2. The second kappa shape index (κ2) is 7.36. The van der Waals surface area contributed by atoms with E-state index in [2.05, 4.69) is 34.9 Å². The quantitative estimate of drug-likeness (QED) is 0.843. The molecule has 0 aromatic heterocycles. The molecular formula is C21H30N2O2. The zero-order valence-electron chi connectivity index (χ0n) is 15.4. The highest BCUT2D eigenvalue weighted by atomic mass is 16.5. The van der Waals surface area contributed by atoms with Crippen LogP contribution in [-0.2, 0) is 4.74 Å². The van der Waals surface area contributed by atoms with Crippen molar-refractivity contribution in [3.05, 3.63) is 29.3 Å². The van der Waals surface area contributed by atoms with Crippen molar-refractivity contribution >= 4 is 11.6 Å². The Kier molecular flexibility index (Phi) is 4.98. The molecule has 4 rings (SSSR count). The highest BCUT2D eigenvalue weighted by molar-refractivity contribution is 6.00. The van der Waals surface area contributed by atoms with Crippen LogP contribution in [0.15, 0.2) is 18.2 Å². The second-order valence-corrected chi connectivity index (χ2v) is 7.97. The molecular weight excluding hydrogens is 312 g/mol. The highest BCUT2D eigenvalue weighted by Gasteiger charge is 2.32. The summed E-state index contributed by atoms with van der Waals surface area (Å²) in [6.45, 7) is 7.87. The van der Waals surface area contributed by atoms with Gasteiger partial charge >= 0.3 is 0 Å². The maximum absolute atomic E-state index is 13.2.